The minimum Gasteiger partial charge on any atom is -0.0616 e. The van der Waals surface area contributed by atoms with Crippen molar-refractivity contribution in [3.8, 4) is 22.3 Å². The molecule has 0 atom stereocenters. The molecular formula is C44H26. The van der Waals surface area contributed by atoms with Gasteiger partial charge < -0.3 is 0 Å². The SMILES string of the molecule is C1=C=c2ccccc2=CC=1c1c2ccccc2c(-c2ccc(-c3cc4ccccc4c4ccccc34)cc2)c2ccccc12. The molecule has 0 saturated heterocycles. The molecule has 0 heterocycles. The third-order valence-electron chi connectivity index (χ3n) is 9.05. The Morgan fingerprint density at radius 1 is 0.364 bits per heavy atom. The zero-order valence-electron chi connectivity index (χ0n) is 24.0. The van der Waals surface area contributed by atoms with Crippen molar-refractivity contribution in [3.63, 3.8) is 0 Å². The lowest BCUT2D eigenvalue weighted by atomic mass is 9.85. The molecule has 9 rings (SSSR count). The summed E-state index contributed by atoms with van der Waals surface area (Å²) in [6.07, 6.45) is 2.25. The standard InChI is InChI=1S/C44H26/c1-2-12-32-27-34(26-21-29(32)11-1)44-40-19-9-7-17-38(40)43(39-18-8-10-20-41(39)44)31-24-22-30(23-25-31)42-28-33-13-3-4-14-35(33)36-15-5-6-16-37(36)42/h1-20,22-25,27-28H. The van der Waals surface area contributed by atoms with E-state index in [1.54, 1.807) is 0 Å². The summed E-state index contributed by atoms with van der Waals surface area (Å²) in [7, 11) is 0. The van der Waals surface area contributed by atoms with Gasteiger partial charge in [0, 0.05) is 16.4 Å². The number of benzene rings is 8. The first-order chi connectivity index (χ1) is 21.8. The molecular weight excluding hydrogens is 528 g/mol. The Bertz CT molecular complexity index is 2600. The van der Waals surface area contributed by atoms with E-state index in [9.17, 15) is 0 Å². The van der Waals surface area contributed by atoms with Crippen molar-refractivity contribution in [2.75, 3.05) is 0 Å². The third kappa shape index (κ3) is 3.81. The van der Waals surface area contributed by atoms with Crippen LogP contribution in [-0.2, 0) is 0 Å². The van der Waals surface area contributed by atoms with Gasteiger partial charge in [0.2, 0.25) is 0 Å². The Balaban J connectivity index is 1.27. The lowest BCUT2D eigenvalue weighted by Crippen LogP contribution is -2.23. The van der Waals surface area contributed by atoms with Crippen LogP contribution in [0.1, 0.15) is 5.56 Å². The minimum atomic E-state index is 1.07. The van der Waals surface area contributed by atoms with Crippen LogP contribution in [0, 0.1) is 0 Å². The molecule has 0 radical (unpaired) electrons. The highest BCUT2D eigenvalue weighted by Crippen LogP contribution is 2.43. The van der Waals surface area contributed by atoms with E-state index in [4.69, 9.17) is 0 Å². The Labute approximate surface area is 255 Å². The number of hydrogen-bond acceptors (Lipinski definition) is 0. The van der Waals surface area contributed by atoms with E-state index in [0.29, 0.717) is 0 Å². The molecule has 0 unspecified atom stereocenters. The van der Waals surface area contributed by atoms with Gasteiger partial charge in [-0.3, -0.25) is 0 Å². The van der Waals surface area contributed by atoms with Crippen molar-refractivity contribution >= 4 is 60.5 Å². The summed E-state index contributed by atoms with van der Waals surface area (Å²) in [6, 6.07) is 54.9. The average Bonchev–Trinajstić information content (AvgIpc) is 3.10. The average molecular weight is 555 g/mol. The Kier molecular flexibility index (Phi) is 5.52. The topological polar surface area (TPSA) is 0 Å². The van der Waals surface area contributed by atoms with Crippen molar-refractivity contribution in [2.45, 2.75) is 0 Å². The fourth-order valence-corrected chi connectivity index (χ4v) is 7.04. The maximum Gasteiger partial charge on any atom is 0.0340 e. The van der Waals surface area contributed by atoms with Gasteiger partial charge in [0.1, 0.15) is 0 Å². The van der Waals surface area contributed by atoms with Crippen molar-refractivity contribution < 1.29 is 0 Å². The van der Waals surface area contributed by atoms with Crippen LogP contribution in [-0.4, -0.2) is 0 Å². The van der Waals surface area contributed by atoms with E-state index in [0.717, 1.165) is 10.8 Å². The lowest BCUT2D eigenvalue weighted by molar-refractivity contribution is 1.52. The molecule has 44 heavy (non-hydrogen) atoms. The van der Waals surface area contributed by atoms with Crippen LogP contribution in [0.4, 0.5) is 0 Å². The highest BCUT2D eigenvalue weighted by molar-refractivity contribution is 6.21. The van der Waals surface area contributed by atoms with E-state index < -0.39 is 0 Å². The van der Waals surface area contributed by atoms with Gasteiger partial charge in [-0.05, 0) is 88.8 Å². The summed E-state index contributed by atoms with van der Waals surface area (Å²) in [5.74, 6) is 0. The minimum absolute atomic E-state index is 1.07. The molecule has 0 heteroatoms. The van der Waals surface area contributed by atoms with Crippen LogP contribution in [0.25, 0.3) is 82.7 Å². The Morgan fingerprint density at radius 2 is 0.886 bits per heavy atom. The van der Waals surface area contributed by atoms with Crippen LogP contribution in [0.3, 0.4) is 0 Å². The van der Waals surface area contributed by atoms with E-state index in [-0.39, 0.29) is 0 Å². The van der Waals surface area contributed by atoms with Crippen LogP contribution in [0.15, 0.2) is 157 Å². The second-order valence-corrected chi connectivity index (χ2v) is 11.5. The van der Waals surface area contributed by atoms with Gasteiger partial charge in [-0.2, -0.15) is 0 Å². The molecule has 202 valence electrons. The van der Waals surface area contributed by atoms with Gasteiger partial charge in [-0.25, -0.2) is 0 Å². The first kappa shape index (κ1) is 24.7. The van der Waals surface area contributed by atoms with Gasteiger partial charge in [-0.1, -0.05) is 151 Å². The van der Waals surface area contributed by atoms with Gasteiger partial charge in [0.05, 0.1) is 0 Å². The molecule has 0 saturated carbocycles. The molecule has 0 amide bonds. The number of rotatable bonds is 3. The highest BCUT2D eigenvalue weighted by Gasteiger charge is 2.18. The number of allylic oxidation sites excluding steroid dienone is 1. The fourth-order valence-electron chi connectivity index (χ4n) is 7.04. The van der Waals surface area contributed by atoms with Gasteiger partial charge in [0.15, 0.2) is 0 Å². The maximum atomic E-state index is 3.50. The second-order valence-electron chi connectivity index (χ2n) is 11.5. The van der Waals surface area contributed by atoms with Crippen molar-refractivity contribution in [2.24, 2.45) is 0 Å². The summed E-state index contributed by atoms with van der Waals surface area (Å²) in [5.41, 5.74) is 14.2. The first-order valence-electron chi connectivity index (χ1n) is 15.1. The molecule has 1 aliphatic rings. The summed E-state index contributed by atoms with van der Waals surface area (Å²) in [6.45, 7) is 0. The summed E-state index contributed by atoms with van der Waals surface area (Å²) < 4.78 is 0. The predicted molar refractivity (Wildman–Crippen MR) is 188 cm³/mol. The third-order valence-corrected chi connectivity index (χ3v) is 9.05. The largest absolute Gasteiger partial charge is 0.0616 e. The first-order valence-corrected chi connectivity index (χ1v) is 15.1. The number of fused-ring (bicyclic) bond motifs is 6. The monoisotopic (exact) mass is 554 g/mol. The molecule has 0 N–H and O–H groups in total. The van der Waals surface area contributed by atoms with Crippen molar-refractivity contribution in [1.82, 2.24) is 0 Å². The van der Waals surface area contributed by atoms with E-state index >= 15 is 0 Å². The molecule has 0 aromatic heterocycles. The summed E-state index contributed by atoms with van der Waals surface area (Å²) >= 11 is 0. The second kappa shape index (κ2) is 9.84. The zero-order chi connectivity index (χ0) is 29.0. The lowest BCUT2D eigenvalue weighted by Gasteiger charge is -2.18. The smallest absolute Gasteiger partial charge is 0.0340 e. The Morgan fingerprint density at radius 3 is 1.59 bits per heavy atom. The maximum absolute atomic E-state index is 3.50. The summed E-state index contributed by atoms with van der Waals surface area (Å²) in [5, 5.41) is 12.3. The molecule has 0 aliphatic heterocycles. The van der Waals surface area contributed by atoms with Gasteiger partial charge in [0.25, 0.3) is 0 Å². The van der Waals surface area contributed by atoms with Crippen LogP contribution >= 0.6 is 0 Å². The van der Waals surface area contributed by atoms with Crippen LogP contribution in [0.5, 0.6) is 0 Å². The number of hydrogen-bond donors (Lipinski definition) is 0. The van der Waals surface area contributed by atoms with Gasteiger partial charge >= 0.3 is 0 Å². The van der Waals surface area contributed by atoms with Crippen LogP contribution < -0.4 is 10.4 Å². The molecule has 0 spiro atoms. The molecule has 0 nitrogen and oxygen atoms in total. The molecule has 0 bridgehead atoms. The molecule has 1 aliphatic carbocycles. The van der Waals surface area contributed by atoms with Crippen LogP contribution in [0.2, 0.25) is 0 Å². The predicted octanol–water partition coefficient (Wildman–Crippen LogP) is 10.0. The molecule has 8 aromatic carbocycles. The fraction of sp³-hybridized carbons (Fsp3) is 0. The summed E-state index contributed by atoms with van der Waals surface area (Å²) in [4.78, 5) is 0. The van der Waals surface area contributed by atoms with E-state index in [1.165, 1.54) is 76.1 Å². The zero-order valence-corrected chi connectivity index (χ0v) is 24.0. The quantitative estimate of drug-likeness (QED) is 0.116. The van der Waals surface area contributed by atoms with Crippen molar-refractivity contribution in [3.05, 3.63) is 173 Å². The van der Waals surface area contributed by atoms with Gasteiger partial charge in [-0.15, -0.1) is 0 Å². The van der Waals surface area contributed by atoms with Crippen molar-refractivity contribution in [1.29, 1.82) is 0 Å². The highest BCUT2D eigenvalue weighted by atomic mass is 14.2. The van der Waals surface area contributed by atoms with E-state index in [2.05, 4.69) is 169 Å². The molecule has 8 aromatic rings. The van der Waals surface area contributed by atoms with E-state index in [1.807, 2.05) is 0 Å². The normalized spacial score (nSPS) is 12.2. The Hall–Kier alpha value is -5.90. The molecule has 0 fully saturated rings.